The third-order valence-electron chi connectivity index (χ3n) is 3.65. The van der Waals surface area contributed by atoms with Crippen LogP contribution >= 0.6 is 0 Å². The van der Waals surface area contributed by atoms with Crippen LogP contribution in [-0.2, 0) is 0 Å². The van der Waals surface area contributed by atoms with E-state index in [4.69, 9.17) is 0 Å². The molecule has 1 amide bonds. The van der Waals surface area contributed by atoms with E-state index in [1.54, 1.807) is 6.20 Å². The van der Waals surface area contributed by atoms with Gasteiger partial charge in [0.15, 0.2) is 0 Å². The summed E-state index contributed by atoms with van der Waals surface area (Å²) in [7, 11) is 0. The molecule has 0 spiro atoms. The lowest BCUT2D eigenvalue weighted by molar-refractivity contribution is 0.0945. The van der Waals surface area contributed by atoms with Gasteiger partial charge in [-0.2, -0.15) is 0 Å². The maximum absolute atomic E-state index is 12.0. The summed E-state index contributed by atoms with van der Waals surface area (Å²) in [5.74, 6) is 1.10. The van der Waals surface area contributed by atoms with Gasteiger partial charge in [0.05, 0.1) is 12.4 Å². The molecule has 1 aromatic heterocycles. The number of aromatic nitrogens is 2. The van der Waals surface area contributed by atoms with E-state index in [0.717, 1.165) is 19.5 Å². The third kappa shape index (κ3) is 3.66. The summed E-state index contributed by atoms with van der Waals surface area (Å²) in [5, 5.41) is 6.06. The maximum Gasteiger partial charge on any atom is 0.271 e. The molecular formula is C14H22N4O. The molecule has 0 aliphatic heterocycles. The van der Waals surface area contributed by atoms with Gasteiger partial charge in [0.25, 0.3) is 5.91 Å². The topological polar surface area (TPSA) is 66.9 Å². The highest BCUT2D eigenvalue weighted by molar-refractivity contribution is 5.92. The number of nitrogens with zero attached hydrogens (tertiary/aromatic N) is 2. The molecule has 5 heteroatoms. The summed E-state index contributed by atoms with van der Waals surface area (Å²) in [6.45, 7) is 8.07. The van der Waals surface area contributed by atoms with Crippen LogP contribution in [0, 0.1) is 11.3 Å². The molecule has 5 nitrogen and oxygen atoms in total. The van der Waals surface area contributed by atoms with Crippen LogP contribution < -0.4 is 10.6 Å². The fourth-order valence-corrected chi connectivity index (χ4v) is 2.04. The summed E-state index contributed by atoms with van der Waals surface area (Å²) in [5.41, 5.74) is 0.753. The molecule has 1 saturated carbocycles. The quantitative estimate of drug-likeness (QED) is 0.823. The molecule has 1 atom stereocenters. The van der Waals surface area contributed by atoms with Crippen molar-refractivity contribution < 1.29 is 4.79 Å². The normalized spacial score (nSPS) is 19.8. The van der Waals surface area contributed by atoms with Crippen LogP contribution in [0.1, 0.15) is 44.1 Å². The zero-order chi connectivity index (χ0) is 13.9. The molecule has 1 heterocycles. The highest BCUT2D eigenvalue weighted by atomic mass is 16.1. The molecule has 0 saturated heterocycles. The van der Waals surface area contributed by atoms with Crippen LogP contribution in [0.15, 0.2) is 12.4 Å². The van der Waals surface area contributed by atoms with Crippen molar-refractivity contribution >= 4 is 11.7 Å². The molecule has 104 valence electrons. The van der Waals surface area contributed by atoms with Crippen molar-refractivity contribution in [3.63, 3.8) is 0 Å². The zero-order valence-corrected chi connectivity index (χ0v) is 11.9. The SMILES string of the molecule is CCCNc1cncc(C(=O)NCC2CC2(C)C)n1. The maximum atomic E-state index is 12.0. The lowest BCUT2D eigenvalue weighted by Crippen LogP contribution is -2.27. The number of amides is 1. The Kier molecular flexibility index (Phi) is 4.02. The number of carbonyl (C=O) groups is 1. The van der Waals surface area contributed by atoms with E-state index in [0.29, 0.717) is 22.8 Å². The lowest BCUT2D eigenvalue weighted by atomic mass is 10.1. The largest absolute Gasteiger partial charge is 0.369 e. The first-order chi connectivity index (χ1) is 9.03. The van der Waals surface area contributed by atoms with Crippen LogP contribution in [0.2, 0.25) is 0 Å². The molecule has 1 unspecified atom stereocenters. The number of nitrogens with one attached hydrogen (secondary N) is 2. The molecule has 1 fully saturated rings. The predicted molar refractivity (Wildman–Crippen MR) is 75.0 cm³/mol. The fourth-order valence-electron chi connectivity index (χ4n) is 2.04. The fraction of sp³-hybridized carbons (Fsp3) is 0.643. The zero-order valence-electron chi connectivity index (χ0n) is 11.9. The van der Waals surface area contributed by atoms with E-state index in [1.165, 1.54) is 12.6 Å². The van der Waals surface area contributed by atoms with Crippen molar-refractivity contribution in [1.82, 2.24) is 15.3 Å². The van der Waals surface area contributed by atoms with E-state index >= 15 is 0 Å². The molecule has 1 aliphatic rings. The van der Waals surface area contributed by atoms with Gasteiger partial charge in [-0.15, -0.1) is 0 Å². The Balaban J connectivity index is 1.88. The molecule has 19 heavy (non-hydrogen) atoms. The minimum absolute atomic E-state index is 0.143. The van der Waals surface area contributed by atoms with E-state index in [2.05, 4.69) is 41.4 Å². The Morgan fingerprint density at radius 2 is 2.21 bits per heavy atom. The molecule has 2 rings (SSSR count). The summed E-state index contributed by atoms with van der Waals surface area (Å²) in [6, 6.07) is 0. The summed E-state index contributed by atoms with van der Waals surface area (Å²) >= 11 is 0. The van der Waals surface area contributed by atoms with Crippen molar-refractivity contribution in [2.24, 2.45) is 11.3 Å². The van der Waals surface area contributed by atoms with E-state index in [9.17, 15) is 4.79 Å². The van der Waals surface area contributed by atoms with Crippen molar-refractivity contribution in [1.29, 1.82) is 0 Å². The molecule has 0 aromatic carbocycles. The average Bonchev–Trinajstić information content (AvgIpc) is 3.01. The molecule has 0 radical (unpaired) electrons. The second-order valence-corrected chi connectivity index (χ2v) is 5.82. The van der Waals surface area contributed by atoms with Crippen molar-refractivity contribution in [2.75, 3.05) is 18.4 Å². The van der Waals surface area contributed by atoms with Crippen molar-refractivity contribution in [2.45, 2.75) is 33.6 Å². The van der Waals surface area contributed by atoms with Gasteiger partial charge in [-0.05, 0) is 24.2 Å². The second kappa shape index (κ2) is 5.55. The molecule has 1 aromatic rings. The van der Waals surface area contributed by atoms with Crippen LogP contribution in [0.25, 0.3) is 0 Å². The van der Waals surface area contributed by atoms with Crippen LogP contribution in [0.5, 0.6) is 0 Å². The first-order valence-electron chi connectivity index (χ1n) is 6.87. The first-order valence-corrected chi connectivity index (χ1v) is 6.87. The van der Waals surface area contributed by atoms with Gasteiger partial charge in [-0.1, -0.05) is 20.8 Å². The van der Waals surface area contributed by atoms with E-state index in [1.807, 2.05) is 0 Å². The number of anilines is 1. The highest BCUT2D eigenvalue weighted by Crippen LogP contribution is 2.50. The van der Waals surface area contributed by atoms with Crippen LogP contribution in [0.4, 0.5) is 5.82 Å². The van der Waals surface area contributed by atoms with Gasteiger partial charge >= 0.3 is 0 Å². The molecule has 2 N–H and O–H groups in total. The Hall–Kier alpha value is -1.65. The van der Waals surface area contributed by atoms with Gasteiger partial charge < -0.3 is 10.6 Å². The average molecular weight is 262 g/mol. The van der Waals surface area contributed by atoms with E-state index < -0.39 is 0 Å². The lowest BCUT2D eigenvalue weighted by Gasteiger charge is -2.07. The second-order valence-electron chi connectivity index (χ2n) is 5.82. The number of rotatable bonds is 6. The van der Waals surface area contributed by atoms with Gasteiger partial charge in [0.2, 0.25) is 0 Å². The van der Waals surface area contributed by atoms with Gasteiger partial charge in [0.1, 0.15) is 11.5 Å². The number of carbonyl (C=O) groups excluding carboxylic acids is 1. The third-order valence-corrected chi connectivity index (χ3v) is 3.65. The summed E-state index contributed by atoms with van der Waals surface area (Å²) in [6.07, 6.45) is 5.33. The van der Waals surface area contributed by atoms with Crippen molar-refractivity contribution in [3.8, 4) is 0 Å². The molecular weight excluding hydrogens is 240 g/mol. The van der Waals surface area contributed by atoms with Crippen molar-refractivity contribution in [3.05, 3.63) is 18.1 Å². The van der Waals surface area contributed by atoms with Crippen LogP contribution in [0.3, 0.4) is 0 Å². The predicted octanol–water partition coefficient (Wildman–Crippen LogP) is 2.07. The summed E-state index contributed by atoms with van der Waals surface area (Å²) in [4.78, 5) is 20.3. The minimum atomic E-state index is -0.143. The number of hydrogen-bond acceptors (Lipinski definition) is 4. The molecule has 1 aliphatic carbocycles. The van der Waals surface area contributed by atoms with Crippen LogP contribution in [-0.4, -0.2) is 29.0 Å². The number of hydrogen-bond donors (Lipinski definition) is 2. The highest BCUT2D eigenvalue weighted by Gasteiger charge is 2.45. The Morgan fingerprint density at radius 3 is 2.84 bits per heavy atom. The Labute approximate surface area is 114 Å². The van der Waals surface area contributed by atoms with Gasteiger partial charge in [0, 0.05) is 13.1 Å². The Bertz CT molecular complexity index is 459. The van der Waals surface area contributed by atoms with Gasteiger partial charge in [-0.25, -0.2) is 4.98 Å². The molecule has 0 bridgehead atoms. The van der Waals surface area contributed by atoms with Gasteiger partial charge in [-0.3, -0.25) is 9.78 Å². The Morgan fingerprint density at radius 1 is 1.47 bits per heavy atom. The smallest absolute Gasteiger partial charge is 0.271 e. The standard InChI is InChI=1S/C14H22N4O/c1-4-5-16-12-9-15-8-11(18-12)13(19)17-7-10-6-14(10,2)3/h8-10H,4-7H2,1-3H3,(H,16,18)(H,17,19). The van der Waals surface area contributed by atoms with E-state index in [-0.39, 0.29) is 5.91 Å². The first kappa shape index (κ1) is 13.8. The monoisotopic (exact) mass is 262 g/mol. The summed E-state index contributed by atoms with van der Waals surface area (Å²) < 4.78 is 0. The minimum Gasteiger partial charge on any atom is -0.369 e.